The summed E-state index contributed by atoms with van der Waals surface area (Å²) in [4.78, 5) is 38.1. The first-order valence-electron chi connectivity index (χ1n) is 6.23. The number of imide groups is 1. The van der Waals surface area contributed by atoms with Gasteiger partial charge in [-0.05, 0) is 32.4 Å². The Morgan fingerprint density at radius 2 is 1.90 bits per heavy atom. The SMILES string of the molecule is CC(C(=O)O)=C(C)C(=O)NC(=O)NCc1ncccc1C. The van der Waals surface area contributed by atoms with Crippen molar-refractivity contribution in [3.8, 4) is 0 Å². The van der Waals surface area contributed by atoms with Gasteiger partial charge in [0.2, 0.25) is 0 Å². The van der Waals surface area contributed by atoms with Crippen molar-refractivity contribution in [1.29, 1.82) is 0 Å². The number of hydrogen-bond acceptors (Lipinski definition) is 4. The highest BCUT2D eigenvalue weighted by molar-refractivity contribution is 6.07. The van der Waals surface area contributed by atoms with Crippen LogP contribution in [0.4, 0.5) is 4.79 Å². The number of urea groups is 1. The maximum absolute atomic E-state index is 11.7. The standard InChI is InChI=1S/C14H17N3O4/c1-8-5-4-6-15-11(8)7-16-14(21)17-12(18)9(2)10(3)13(19)20/h4-6H,7H2,1-3H3,(H,19,20)(H2,16,17,18,21). The Morgan fingerprint density at radius 3 is 2.48 bits per heavy atom. The van der Waals surface area contributed by atoms with E-state index in [9.17, 15) is 14.4 Å². The molecule has 1 rings (SSSR count). The summed E-state index contributed by atoms with van der Waals surface area (Å²) in [5.74, 6) is -1.95. The molecule has 0 saturated carbocycles. The monoisotopic (exact) mass is 291 g/mol. The predicted molar refractivity (Wildman–Crippen MR) is 75.4 cm³/mol. The maximum atomic E-state index is 11.7. The lowest BCUT2D eigenvalue weighted by atomic mass is 10.1. The highest BCUT2D eigenvalue weighted by Gasteiger charge is 2.15. The zero-order valence-corrected chi connectivity index (χ0v) is 12.1. The van der Waals surface area contributed by atoms with Gasteiger partial charge in [-0.25, -0.2) is 9.59 Å². The number of pyridine rings is 1. The number of carboxylic acids is 1. The Bertz CT molecular complexity index is 608. The van der Waals surface area contributed by atoms with Gasteiger partial charge in [0, 0.05) is 17.3 Å². The molecule has 0 unspecified atom stereocenters. The number of carboxylic acid groups (broad SMARTS) is 1. The van der Waals surface area contributed by atoms with Crippen LogP contribution in [-0.2, 0) is 16.1 Å². The molecule has 0 radical (unpaired) electrons. The van der Waals surface area contributed by atoms with Crippen LogP contribution in [-0.4, -0.2) is 28.0 Å². The summed E-state index contributed by atoms with van der Waals surface area (Å²) in [6.07, 6.45) is 1.61. The molecule has 1 aromatic heterocycles. The number of aryl methyl sites for hydroxylation is 1. The summed E-state index contributed by atoms with van der Waals surface area (Å²) in [6.45, 7) is 4.67. The normalized spacial score (nSPS) is 11.4. The number of aromatic nitrogens is 1. The maximum Gasteiger partial charge on any atom is 0.331 e. The highest BCUT2D eigenvalue weighted by atomic mass is 16.4. The van der Waals surface area contributed by atoms with Gasteiger partial charge in [-0.1, -0.05) is 6.07 Å². The molecule has 0 fully saturated rings. The van der Waals surface area contributed by atoms with Gasteiger partial charge in [0.25, 0.3) is 5.91 Å². The number of nitrogens with zero attached hydrogens (tertiary/aromatic N) is 1. The van der Waals surface area contributed by atoms with E-state index in [4.69, 9.17) is 5.11 Å². The highest BCUT2D eigenvalue weighted by Crippen LogP contribution is 2.04. The lowest BCUT2D eigenvalue weighted by molar-refractivity contribution is -0.133. The third kappa shape index (κ3) is 4.72. The Kier molecular flexibility index (Phi) is 5.59. The average molecular weight is 291 g/mol. The summed E-state index contributed by atoms with van der Waals surface area (Å²) in [6, 6.07) is 2.93. The topological polar surface area (TPSA) is 108 Å². The fourth-order valence-electron chi connectivity index (χ4n) is 1.44. The Morgan fingerprint density at radius 1 is 1.24 bits per heavy atom. The molecule has 0 aliphatic rings. The van der Waals surface area contributed by atoms with Gasteiger partial charge in [-0.15, -0.1) is 0 Å². The lowest BCUT2D eigenvalue weighted by Gasteiger charge is -2.08. The van der Waals surface area contributed by atoms with Crippen LogP contribution in [0.1, 0.15) is 25.1 Å². The van der Waals surface area contributed by atoms with Crippen LogP contribution >= 0.6 is 0 Å². The minimum absolute atomic E-state index is 0.0216. The number of nitrogens with one attached hydrogen (secondary N) is 2. The molecule has 3 N–H and O–H groups in total. The molecule has 0 saturated heterocycles. The first-order chi connectivity index (χ1) is 9.82. The smallest absolute Gasteiger partial charge is 0.331 e. The van der Waals surface area contributed by atoms with Crippen LogP contribution in [0.25, 0.3) is 0 Å². The van der Waals surface area contributed by atoms with E-state index in [1.54, 1.807) is 12.3 Å². The van der Waals surface area contributed by atoms with Crippen molar-refractivity contribution in [1.82, 2.24) is 15.6 Å². The molecule has 1 heterocycles. The second-order valence-corrected chi connectivity index (χ2v) is 4.46. The zero-order valence-electron chi connectivity index (χ0n) is 12.1. The molecule has 0 bridgehead atoms. The molecule has 1 aromatic rings. The Hall–Kier alpha value is -2.70. The zero-order chi connectivity index (χ0) is 16.0. The van der Waals surface area contributed by atoms with E-state index in [-0.39, 0.29) is 17.7 Å². The van der Waals surface area contributed by atoms with E-state index in [2.05, 4.69) is 15.6 Å². The van der Waals surface area contributed by atoms with Crippen LogP contribution in [0.3, 0.4) is 0 Å². The number of amides is 3. The van der Waals surface area contributed by atoms with Crippen LogP contribution in [0.15, 0.2) is 29.5 Å². The summed E-state index contributed by atoms with van der Waals surface area (Å²) < 4.78 is 0. The van der Waals surface area contributed by atoms with E-state index in [0.29, 0.717) is 5.69 Å². The molecule has 21 heavy (non-hydrogen) atoms. The van der Waals surface area contributed by atoms with E-state index in [1.165, 1.54) is 13.8 Å². The van der Waals surface area contributed by atoms with Crippen LogP contribution in [0.5, 0.6) is 0 Å². The first-order valence-corrected chi connectivity index (χ1v) is 6.23. The number of hydrogen-bond donors (Lipinski definition) is 3. The second-order valence-electron chi connectivity index (χ2n) is 4.46. The molecule has 7 nitrogen and oxygen atoms in total. The summed E-state index contributed by atoms with van der Waals surface area (Å²) >= 11 is 0. The molecular formula is C14H17N3O4. The van der Waals surface area contributed by atoms with Crippen molar-refractivity contribution in [3.63, 3.8) is 0 Å². The molecule has 112 valence electrons. The average Bonchev–Trinajstić information content (AvgIpc) is 2.44. The van der Waals surface area contributed by atoms with Crippen molar-refractivity contribution in [2.75, 3.05) is 0 Å². The summed E-state index contributed by atoms with van der Waals surface area (Å²) in [5, 5.41) is 13.3. The molecule has 0 spiro atoms. The fourth-order valence-corrected chi connectivity index (χ4v) is 1.44. The van der Waals surface area contributed by atoms with Gasteiger partial charge < -0.3 is 10.4 Å². The predicted octanol–water partition coefficient (Wildman–Crippen LogP) is 1.14. The number of aliphatic carboxylic acids is 1. The largest absolute Gasteiger partial charge is 0.478 e. The van der Waals surface area contributed by atoms with Crippen molar-refractivity contribution < 1.29 is 19.5 Å². The van der Waals surface area contributed by atoms with E-state index >= 15 is 0 Å². The Labute approximate surface area is 122 Å². The molecular weight excluding hydrogens is 274 g/mol. The summed E-state index contributed by atoms with van der Waals surface area (Å²) in [5.41, 5.74) is 1.48. The van der Waals surface area contributed by atoms with Crippen molar-refractivity contribution in [2.45, 2.75) is 27.3 Å². The number of carbonyl (C=O) groups excluding carboxylic acids is 2. The van der Waals surface area contributed by atoms with E-state index in [0.717, 1.165) is 5.56 Å². The van der Waals surface area contributed by atoms with Gasteiger partial charge >= 0.3 is 12.0 Å². The quantitative estimate of drug-likeness (QED) is 0.721. The molecule has 0 aromatic carbocycles. The van der Waals surface area contributed by atoms with Gasteiger partial charge in [-0.2, -0.15) is 0 Å². The number of rotatable bonds is 4. The van der Waals surface area contributed by atoms with Gasteiger partial charge in [0.05, 0.1) is 12.2 Å². The molecule has 0 atom stereocenters. The van der Waals surface area contributed by atoms with E-state index in [1.807, 2.05) is 13.0 Å². The van der Waals surface area contributed by atoms with E-state index < -0.39 is 17.9 Å². The third-order valence-electron chi connectivity index (χ3n) is 2.99. The molecule has 0 aliphatic carbocycles. The van der Waals surface area contributed by atoms with Gasteiger partial charge in [0.1, 0.15) is 0 Å². The summed E-state index contributed by atoms with van der Waals surface area (Å²) in [7, 11) is 0. The number of carbonyl (C=O) groups is 3. The third-order valence-corrected chi connectivity index (χ3v) is 2.99. The van der Waals surface area contributed by atoms with Crippen LogP contribution < -0.4 is 10.6 Å². The van der Waals surface area contributed by atoms with Crippen molar-refractivity contribution in [3.05, 3.63) is 40.7 Å². The molecule has 3 amide bonds. The van der Waals surface area contributed by atoms with Crippen molar-refractivity contribution in [2.24, 2.45) is 0 Å². The molecule has 7 heteroatoms. The fraction of sp³-hybridized carbons (Fsp3) is 0.286. The minimum Gasteiger partial charge on any atom is -0.478 e. The van der Waals surface area contributed by atoms with Gasteiger partial charge in [0.15, 0.2) is 0 Å². The Balaban J connectivity index is 2.59. The molecule has 0 aliphatic heterocycles. The second kappa shape index (κ2) is 7.18. The van der Waals surface area contributed by atoms with Gasteiger partial charge in [-0.3, -0.25) is 15.1 Å². The lowest BCUT2D eigenvalue weighted by Crippen LogP contribution is -2.40. The van der Waals surface area contributed by atoms with Crippen LogP contribution in [0, 0.1) is 6.92 Å². The van der Waals surface area contributed by atoms with Crippen LogP contribution in [0.2, 0.25) is 0 Å². The minimum atomic E-state index is -1.20. The van der Waals surface area contributed by atoms with Crippen molar-refractivity contribution >= 4 is 17.9 Å². The first kappa shape index (κ1) is 16.4.